The van der Waals surface area contributed by atoms with Crippen molar-refractivity contribution < 1.29 is 9.53 Å². The number of imidazole rings is 1. The lowest BCUT2D eigenvalue weighted by molar-refractivity contribution is -0.127. The van der Waals surface area contributed by atoms with Gasteiger partial charge in [-0.3, -0.25) is 0 Å². The van der Waals surface area contributed by atoms with Crippen LogP contribution in [0.3, 0.4) is 0 Å². The van der Waals surface area contributed by atoms with Crippen LogP contribution in [0, 0.1) is 0 Å². The molecule has 1 aromatic heterocycles. The molecule has 0 spiro atoms. The van der Waals surface area contributed by atoms with E-state index in [1.54, 1.807) is 12.1 Å². The van der Waals surface area contributed by atoms with Gasteiger partial charge < -0.3 is 9.30 Å². The average molecular weight is 509 g/mol. The number of ether oxygens (including phenoxy) is 1. The van der Waals surface area contributed by atoms with Crippen molar-refractivity contribution in [3.8, 4) is 5.75 Å². The Bertz CT molecular complexity index is 1460. The largest absolute Gasteiger partial charge is 0.423 e. The normalized spacial score (nSPS) is 11.5. The highest BCUT2D eigenvalue weighted by Crippen LogP contribution is 2.25. The summed E-state index contributed by atoms with van der Waals surface area (Å²) in [7, 11) is 0. The van der Waals surface area contributed by atoms with Gasteiger partial charge in [-0.05, 0) is 53.6 Å². The van der Waals surface area contributed by atoms with Crippen LogP contribution in [0.4, 0.5) is 0 Å². The van der Waals surface area contributed by atoms with E-state index in [1.165, 1.54) is 0 Å². The molecule has 4 aromatic carbocycles. The average Bonchev–Trinajstić information content (AvgIpc) is 3.22. The lowest BCUT2D eigenvalue weighted by Gasteiger charge is -2.11. The number of para-hydroxylation sites is 3. The van der Waals surface area contributed by atoms with Gasteiger partial charge in [-0.25, -0.2) is 9.78 Å². The number of rotatable bonds is 6. The van der Waals surface area contributed by atoms with E-state index in [4.69, 9.17) is 9.72 Å². The van der Waals surface area contributed by atoms with Crippen molar-refractivity contribution in [1.82, 2.24) is 9.55 Å². The maximum absolute atomic E-state index is 13.3. The zero-order valence-corrected chi connectivity index (χ0v) is 19.9. The monoisotopic (exact) mass is 508 g/mol. The third-order valence-electron chi connectivity index (χ3n) is 5.47. The molecule has 1 heterocycles. The van der Waals surface area contributed by atoms with Gasteiger partial charge in [0.05, 0.1) is 16.6 Å². The Morgan fingerprint density at radius 1 is 0.824 bits per heavy atom. The molecular weight excluding hydrogens is 488 g/mol. The summed E-state index contributed by atoms with van der Waals surface area (Å²) in [6, 6.07) is 34.8. The minimum Gasteiger partial charge on any atom is -0.423 e. The third-order valence-corrected chi connectivity index (χ3v) is 6.00. The summed E-state index contributed by atoms with van der Waals surface area (Å²) in [5.41, 5.74) is 4.21. The molecule has 0 bridgehead atoms. The van der Waals surface area contributed by atoms with Gasteiger partial charge in [-0.2, -0.15) is 0 Å². The van der Waals surface area contributed by atoms with E-state index in [0.29, 0.717) is 23.7 Å². The van der Waals surface area contributed by atoms with E-state index < -0.39 is 5.97 Å². The van der Waals surface area contributed by atoms with Crippen LogP contribution < -0.4 is 4.74 Å². The van der Waals surface area contributed by atoms with Gasteiger partial charge in [0.1, 0.15) is 11.6 Å². The van der Waals surface area contributed by atoms with E-state index in [2.05, 4.69) is 32.6 Å². The minimum absolute atomic E-state index is 0.431. The highest BCUT2D eigenvalue weighted by Gasteiger charge is 2.18. The Morgan fingerprint density at radius 3 is 2.21 bits per heavy atom. The summed E-state index contributed by atoms with van der Waals surface area (Å²) in [6.07, 6.45) is 1.82. The smallest absolute Gasteiger partial charge is 0.344 e. The molecule has 34 heavy (non-hydrogen) atoms. The zero-order valence-electron chi connectivity index (χ0n) is 18.3. The van der Waals surface area contributed by atoms with Crippen molar-refractivity contribution in [3.05, 3.63) is 131 Å². The first-order valence-corrected chi connectivity index (χ1v) is 11.7. The molecule has 0 fully saturated rings. The number of hydrogen-bond donors (Lipinski definition) is 0. The second-order valence-electron chi connectivity index (χ2n) is 7.80. The lowest BCUT2D eigenvalue weighted by atomic mass is 10.1. The number of hydrogen-bond acceptors (Lipinski definition) is 3. The van der Waals surface area contributed by atoms with Gasteiger partial charge in [0.15, 0.2) is 0 Å². The molecule has 0 atom stereocenters. The molecule has 0 aliphatic carbocycles. The highest BCUT2D eigenvalue weighted by molar-refractivity contribution is 9.10. The summed E-state index contributed by atoms with van der Waals surface area (Å²) in [5, 5.41) is 0. The third kappa shape index (κ3) is 4.85. The molecule has 5 rings (SSSR count). The van der Waals surface area contributed by atoms with Crippen LogP contribution in [0.5, 0.6) is 5.75 Å². The second-order valence-corrected chi connectivity index (χ2v) is 8.71. The number of carbonyl (C=O) groups excluding carboxylic acids is 1. The Labute approximate surface area is 206 Å². The first kappa shape index (κ1) is 21.9. The Morgan fingerprint density at radius 2 is 1.47 bits per heavy atom. The molecule has 0 aliphatic heterocycles. The van der Waals surface area contributed by atoms with Gasteiger partial charge in [-0.15, -0.1) is 0 Å². The topological polar surface area (TPSA) is 44.1 Å². The number of fused-ring (bicyclic) bond motifs is 1. The molecule has 0 aliphatic rings. The van der Waals surface area contributed by atoms with Crippen LogP contribution in [0.25, 0.3) is 22.7 Å². The van der Waals surface area contributed by atoms with Crippen LogP contribution in [-0.4, -0.2) is 15.5 Å². The lowest BCUT2D eigenvalue weighted by Crippen LogP contribution is -2.11. The molecule has 0 saturated heterocycles. The van der Waals surface area contributed by atoms with Gasteiger partial charge >= 0.3 is 5.97 Å². The van der Waals surface area contributed by atoms with Crippen LogP contribution in [-0.2, 0) is 11.3 Å². The standard InChI is InChI=1S/C29H21BrN2O2/c30-23-17-15-21(16-18-23)20-32-27-14-8-7-13-26(27)31-28(32)19-25(22-9-3-1-4-10-22)29(33)34-24-11-5-2-6-12-24/h1-19H,20H2. The van der Waals surface area contributed by atoms with Crippen molar-refractivity contribution in [2.45, 2.75) is 6.54 Å². The summed E-state index contributed by atoms with van der Waals surface area (Å²) < 4.78 is 8.85. The maximum atomic E-state index is 13.3. The summed E-state index contributed by atoms with van der Waals surface area (Å²) in [4.78, 5) is 18.2. The highest BCUT2D eigenvalue weighted by atomic mass is 79.9. The quantitative estimate of drug-likeness (QED) is 0.141. The van der Waals surface area contributed by atoms with E-state index in [0.717, 1.165) is 26.6 Å². The molecule has 166 valence electrons. The van der Waals surface area contributed by atoms with E-state index in [-0.39, 0.29) is 0 Å². The Balaban J connectivity index is 1.61. The summed E-state index contributed by atoms with van der Waals surface area (Å²) in [6.45, 7) is 0.620. The first-order chi connectivity index (χ1) is 16.7. The van der Waals surface area contributed by atoms with Crippen LogP contribution in [0.2, 0.25) is 0 Å². The number of carbonyl (C=O) groups is 1. The molecule has 0 radical (unpaired) electrons. The van der Waals surface area contributed by atoms with Crippen LogP contribution in [0.15, 0.2) is 114 Å². The van der Waals surface area contributed by atoms with Crippen LogP contribution in [0.1, 0.15) is 17.0 Å². The van der Waals surface area contributed by atoms with E-state index in [9.17, 15) is 4.79 Å². The minimum atomic E-state index is -0.431. The fraction of sp³-hybridized carbons (Fsp3) is 0.0345. The molecular formula is C29H21BrN2O2. The predicted molar refractivity (Wildman–Crippen MR) is 139 cm³/mol. The Kier molecular flexibility index (Phi) is 6.36. The molecule has 0 amide bonds. The fourth-order valence-corrected chi connectivity index (χ4v) is 4.06. The first-order valence-electron chi connectivity index (χ1n) is 10.9. The number of aromatic nitrogens is 2. The van der Waals surface area contributed by atoms with Crippen LogP contribution >= 0.6 is 15.9 Å². The Hall–Kier alpha value is -3.96. The van der Waals surface area contributed by atoms with Crippen molar-refractivity contribution in [3.63, 3.8) is 0 Å². The summed E-state index contributed by atoms with van der Waals surface area (Å²) in [5.74, 6) is 0.755. The SMILES string of the molecule is O=C(Oc1ccccc1)C(=Cc1nc2ccccc2n1Cc1ccc(Br)cc1)c1ccccc1. The molecule has 0 N–H and O–H groups in total. The van der Waals surface area contributed by atoms with E-state index >= 15 is 0 Å². The summed E-state index contributed by atoms with van der Waals surface area (Å²) >= 11 is 3.50. The second kappa shape index (κ2) is 9.89. The molecule has 5 heteroatoms. The predicted octanol–water partition coefficient (Wildman–Crippen LogP) is 6.99. The molecule has 0 saturated carbocycles. The number of nitrogens with zero attached hydrogens (tertiary/aromatic N) is 2. The van der Waals surface area contributed by atoms with Gasteiger partial charge in [0, 0.05) is 11.0 Å². The molecule has 0 unspecified atom stereocenters. The van der Waals surface area contributed by atoms with Gasteiger partial charge in [-0.1, -0.05) is 88.7 Å². The number of halogens is 1. The van der Waals surface area contributed by atoms with E-state index in [1.807, 2.05) is 91.0 Å². The van der Waals surface area contributed by atoms with Crippen molar-refractivity contribution in [1.29, 1.82) is 0 Å². The zero-order chi connectivity index (χ0) is 23.3. The van der Waals surface area contributed by atoms with Crippen molar-refractivity contribution in [2.24, 2.45) is 0 Å². The maximum Gasteiger partial charge on any atom is 0.344 e. The molecule has 5 aromatic rings. The fourth-order valence-electron chi connectivity index (χ4n) is 3.80. The number of esters is 1. The van der Waals surface area contributed by atoms with Gasteiger partial charge in [0.2, 0.25) is 0 Å². The van der Waals surface area contributed by atoms with Crippen molar-refractivity contribution >= 4 is 44.6 Å². The van der Waals surface area contributed by atoms with Gasteiger partial charge in [0.25, 0.3) is 0 Å². The number of benzene rings is 4. The van der Waals surface area contributed by atoms with Crippen molar-refractivity contribution in [2.75, 3.05) is 0 Å². The molecule has 4 nitrogen and oxygen atoms in total.